The maximum Gasteiger partial charge on any atom is 0.0520 e. The van der Waals surface area contributed by atoms with Crippen molar-refractivity contribution in [1.29, 1.82) is 0 Å². The van der Waals surface area contributed by atoms with E-state index in [1.807, 2.05) is 0 Å². The van der Waals surface area contributed by atoms with Crippen molar-refractivity contribution in [3.8, 4) is 11.1 Å². The lowest BCUT2D eigenvalue weighted by Gasteiger charge is -2.31. The van der Waals surface area contributed by atoms with Crippen LogP contribution < -0.4 is 9.80 Å². The monoisotopic (exact) mass is 684 g/mol. The first-order valence-electron chi connectivity index (χ1n) is 18.7. The Morgan fingerprint density at radius 3 is 1.04 bits per heavy atom. The van der Waals surface area contributed by atoms with E-state index in [1.54, 1.807) is 0 Å². The van der Waals surface area contributed by atoms with Gasteiger partial charge < -0.3 is 9.80 Å². The maximum absolute atomic E-state index is 2.42. The molecule has 0 bridgehead atoms. The highest BCUT2D eigenvalue weighted by Crippen LogP contribution is 2.43. The number of hydrogen-bond acceptors (Lipinski definition) is 2. The van der Waals surface area contributed by atoms with Gasteiger partial charge in [0.1, 0.15) is 0 Å². The molecule has 0 saturated heterocycles. The van der Waals surface area contributed by atoms with Crippen LogP contribution in [0.4, 0.5) is 34.1 Å². The lowest BCUT2D eigenvalue weighted by molar-refractivity contribution is 0.589. The number of benzene rings is 6. The highest BCUT2D eigenvalue weighted by Gasteiger charge is 2.23. The van der Waals surface area contributed by atoms with Gasteiger partial charge in [0, 0.05) is 22.7 Å². The molecule has 6 rings (SSSR count). The van der Waals surface area contributed by atoms with E-state index >= 15 is 0 Å². The highest BCUT2D eigenvalue weighted by molar-refractivity contribution is 5.84. The Hall–Kier alpha value is -5.08. The molecular weight excluding hydrogens is 629 g/mol. The Morgan fingerprint density at radius 1 is 0.346 bits per heavy atom. The van der Waals surface area contributed by atoms with Crippen LogP contribution in [0, 0.1) is 41.5 Å². The largest absolute Gasteiger partial charge is 0.310 e. The van der Waals surface area contributed by atoms with Gasteiger partial charge in [0.2, 0.25) is 0 Å². The summed E-state index contributed by atoms with van der Waals surface area (Å²) in [5.74, 6) is 0. The minimum atomic E-state index is 0.0884. The van der Waals surface area contributed by atoms with Crippen LogP contribution in [0.1, 0.15) is 86.1 Å². The molecule has 0 aliphatic heterocycles. The minimum Gasteiger partial charge on any atom is -0.310 e. The molecule has 0 unspecified atom stereocenters. The summed E-state index contributed by atoms with van der Waals surface area (Å²) in [6.45, 7) is 27.0. The molecule has 0 fully saturated rings. The predicted molar refractivity (Wildman–Crippen MR) is 227 cm³/mol. The van der Waals surface area contributed by atoms with Crippen LogP contribution in [-0.2, 0) is 10.8 Å². The third-order valence-corrected chi connectivity index (χ3v) is 10.3. The van der Waals surface area contributed by atoms with E-state index in [4.69, 9.17) is 0 Å². The summed E-state index contributed by atoms with van der Waals surface area (Å²) >= 11 is 0. The Morgan fingerprint density at radius 2 is 0.692 bits per heavy atom. The molecule has 6 aromatic carbocycles. The van der Waals surface area contributed by atoms with Gasteiger partial charge in [0.15, 0.2) is 0 Å². The SMILES string of the molecule is Cc1ccc(N(c2ccc(-c3ccc(N(c4cccc(C)c4)c4c(C)cc(C(C)(C)C)cc4C)cc3)cc2)c2c(C)cc(C(C)(C)C)cc2C)cc1. The molecule has 0 aromatic heterocycles. The molecule has 2 heteroatoms. The molecule has 0 amide bonds. The van der Waals surface area contributed by atoms with E-state index in [1.165, 1.54) is 72.7 Å². The number of nitrogens with zero attached hydrogens (tertiary/aromatic N) is 2. The smallest absolute Gasteiger partial charge is 0.0520 e. The Bertz CT molecular complexity index is 2140. The van der Waals surface area contributed by atoms with Crippen LogP contribution in [-0.4, -0.2) is 0 Å². The molecule has 2 nitrogen and oxygen atoms in total. The summed E-state index contributed by atoms with van der Waals surface area (Å²) in [6, 6.07) is 45.3. The summed E-state index contributed by atoms with van der Waals surface area (Å²) in [5, 5.41) is 0. The maximum atomic E-state index is 2.42. The van der Waals surface area contributed by atoms with Crippen molar-refractivity contribution < 1.29 is 0 Å². The van der Waals surface area contributed by atoms with E-state index < -0.39 is 0 Å². The zero-order valence-corrected chi connectivity index (χ0v) is 33.4. The molecule has 0 saturated carbocycles. The Kier molecular flexibility index (Phi) is 9.99. The average Bonchev–Trinajstić information content (AvgIpc) is 3.08. The zero-order valence-electron chi connectivity index (χ0n) is 33.4. The van der Waals surface area contributed by atoms with Crippen molar-refractivity contribution in [2.75, 3.05) is 9.80 Å². The van der Waals surface area contributed by atoms with Crippen LogP contribution in [0.25, 0.3) is 11.1 Å². The minimum absolute atomic E-state index is 0.0884. The van der Waals surface area contributed by atoms with Crippen LogP contribution in [0.2, 0.25) is 0 Å². The summed E-state index contributed by atoms with van der Waals surface area (Å²) in [5.41, 5.74) is 20.0. The lowest BCUT2D eigenvalue weighted by atomic mass is 9.84. The van der Waals surface area contributed by atoms with E-state index in [0.29, 0.717) is 0 Å². The number of aryl methyl sites for hydroxylation is 6. The Labute approximate surface area is 313 Å². The lowest BCUT2D eigenvalue weighted by Crippen LogP contribution is -2.16. The van der Waals surface area contributed by atoms with Crippen molar-refractivity contribution in [3.05, 3.63) is 166 Å². The highest BCUT2D eigenvalue weighted by atomic mass is 15.2. The molecule has 0 aliphatic rings. The van der Waals surface area contributed by atoms with Gasteiger partial charge in [-0.25, -0.2) is 0 Å². The van der Waals surface area contributed by atoms with Crippen LogP contribution in [0.3, 0.4) is 0 Å². The van der Waals surface area contributed by atoms with Gasteiger partial charge >= 0.3 is 0 Å². The van der Waals surface area contributed by atoms with Gasteiger partial charge in [0.05, 0.1) is 11.4 Å². The summed E-state index contributed by atoms with van der Waals surface area (Å²) in [6.07, 6.45) is 0. The van der Waals surface area contributed by atoms with Crippen molar-refractivity contribution in [1.82, 2.24) is 0 Å². The molecule has 6 aromatic rings. The summed E-state index contributed by atoms with van der Waals surface area (Å²) < 4.78 is 0. The molecule has 0 aliphatic carbocycles. The molecule has 0 spiro atoms. The fourth-order valence-electron chi connectivity index (χ4n) is 7.36. The van der Waals surface area contributed by atoms with Gasteiger partial charge in [-0.2, -0.15) is 0 Å². The normalized spacial score (nSPS) is 11.8. The first-order chi connectivity index (χ1) is 24.5. The van der Waals surface area contributed by atoms with Crippen molar-refractivity contribution in [2.24, 2.45) is 0 Å². The first-order valence-corrected chi connectivity index (χ1v) is 18.7. The molecule has 0 atom stereocenters. The summed E-state index contributed by atoms with van der Waals surface area (Å²) in [7, 11) is 0. The molecule has 0 radical (unpaired) electrons. The summed E-state index contributed by atoms with van der Waals surface area (Å²) in [4.78, 5) is 4.84. The van der Waals surface area contributed by atoms with Crippen molar-refractivity contribution in [2.45, 2.75) is 93.9 Å². The van der Waals surface area contributed by atoms with Crippen molar-refractivity contribution in [3.63, 3.8) is 0 Å². The van der Waals surface area contributed by atoms with Gasteiger partial charge in [0.25, 0.3) is 0 Å². The van der Waals surface area contributed by atoms with E-state index in [0.717, 1.165) is 17.1 Å². The van der Waals surface area contributed by atoms with Crippen molar-refractivity contribution >= 4 is 34.1 Å². The van der Waals surface area contributed by atoms with Crippen LogP contribution in [0.5, 0.6) is 0 Å². The number of rotatable bonds is 7. The fraction of sp³-hybridized carbons (Fsp3) is 0.280. The van der Waals surface area contributed by atoms with Gasteiger partial charge in [-0.05, 0) is 151 Å². The molecule has 0 N–H and O–H groups in total. The van der Waals surface area contributed by atoms with Gasteiger partial charge in [-0.1, -0.05) is 120 Å². The zero-order chi connectivity index (χ0) is 37.5. The molecule has 266 valence electrons. The molecule has 52 heavy (non-hydrogen) atoms. The third kappa shape index (κ3) is 7.58. The van der Waals surface area contributed by atoms with Crippen LogP contribution in [0.15, 0.2) is 121 Å². The number of hydrogen-bond donors (Lipinski definition) is 0. The number of anilines is 6. The third-order valence-electron chi connectivity index (χ3n) is 10.3. The topological polar surface area (TPSA) is 6.48 Å². The van der Waals surface area contributed by atoms with E-state index in [-0.39, 0.29) is 10.8 Å². The van der Waals surface area contributed by atoms with Gasteiger partial charge in [-0.3, -0.25) is 0 Å². The second kappa shape index (κ2) is 14.2. The second-order valence-electron chi connectivity index (χ2n) is 16.9. The Balaban J connectivity index is 1.38. The molecule has 0 heterocycles. The second-order valence-corrected chi connectivity index (χ2v) is 16.9. The van der Waals surface area contributed by atoms with Crippen LogP contribution >= 0.6 is 0 Å². The van der Waals surface area contributed by atoms with Gasteiger partial charge in [-0.15, -0.1) is 0 Å². The average molecular weight is 685 g/mol. The standard InChI is InChI=1S/C50H56N2/c1-33-16-22-43(23-17-33)51(47-35(3)29-41(30-36(47)4)49(7,8)9)44-24-18-39(19-25-44)40-20-26-45(27-21-40)52(46-15-13-14-34(2)28-46)48-37(5)31-42(32-38(48)6)50(10,11)12/h13-32H,1-12H3. The fourth-order valence-corrected chi connectivity index (χ4v) is 7.36. The van der Waals surface area contributed by atoms with E-state index in [9.17, 15) is 0 Å². The predicted octanol–water partition coefficient (Wildman–Crippen LogP) is 14.7. The van der Waals surface area contributed by atoms with E-state index in [2.05, 4.69) is 214 Å². The first kappa shape index (κ1) is 36.7. The molecular formula is C50H56N2. The quantitative estimate of drug-likeness (QED) is 0.165.